The summed E-state index contributed by atoms with van der Waals surface area (Å²) >= 11 is 6.96. The fourth-order valence-corrected chi connectivity index (χ4v) is 4.93. The zero-order chi connectivity index (χ0) is 24.1. The summed E-state index contributed by atoms with van der Waals surface area (Å²) in [5.74, 6) is -0.163. The third-order valence-electron chi connectivity index (χ3n) is 6.54. The molecular formula is C28H32ClN5. The van der Waals surface area contributed by atoms with Crippen molar-refractivity contribution in [2.75, 3.05) is 36.0 Å². The first-order valence-electron chi connectivity index (χ1n) is 12.1. The van der Waals surface area contributed by atoms with Crippen molar-refractivity contribution < 1.29 is 0 Å². The van der Waals surface area contributed by atoms with Crippen LogP contribution in [0.25, 0.3) is 10.9 Å². The molecule has 6 heteroatoms. The van der Waals surface area contributed by atoms with Crippen molar-refractivity contribution in [3.63, 3.8) is 0 Å². The van der Waals surface area contributed by atoms with Gasteiger partial charge in [-0.05, 0) is 74.4 Å². The molecule has 4 aromatic rings. The minimum Gasteiger partial charge on any atom is -0.372 e. The maximum absolute atomic E-state index is 6.96. The number of anilines is 2. The minimum absolute atomic E-state index is 0.163. The Bertz CT molecular complexity index is 1230. The molecule has 0 bridgehead atoms. The Hall–Kier alpha value is -3.18. The lowest BCUT2D eigenvalue weighted by molar-refractivity contribution is 0.809. The van der Waals surface area contributed by atoms with Crippen molar-refractivity contribution >= 4 is 33.9 Å². The molecule has 0 spiro atoms. The van der Waals surface area contributed by atoms with Gasteiger partial charge < -0.3 is 9.80 Å². The number of hydrogen-bond donors (Lipinski definition) is 0. The first-order valence-corrected chi connectivity index (χ1v) is 12.5. The van der Waals surface area contributed by atoms with Crippen molar-refractivity contribution in [2.24, 2.45) is 0 Å². The standard InChI is InChI=1S/C28H32ClN5/c1-5-33(6-2)21-15-13-20(14-16-21)27(28-24-11-9-10-12-26(24)30-32-31-28)23-18-17-22(19-25(23)29)34(7-3)8-4/h9-19,27H,5-8H2,1-4H3. The molecule has 176 valence electrons. The molecule has 1 aromatic heterocycles. The summed E-state index contributed by atoms with van der Waals surface area (Å²) in [5.41, 5.74) is 6.16. The largest absolute Gasteiger partial charge is 0.372 e. The molecule has 0 N–H and O–H groups in total. The van der Waals surface area contributed by atoms with Crippen LogP contribution in [0.2, 0.25) is 5.02 Å². The van der Waals surface area contributed by atoms with E-state index in [0.717, 1.165) is 64.6 Å². The minimum atomic E-state index is -0.163. The number of fused-ring (bicyclic) bond motifs is 1. The summed E-state index contributed by atoms with van der Waals surface area (Å²) < 4.78 is 0. The van der Waals surface area contributed by atoms with Crippen LogP contribution >= 0.6 is 11.6 Å². The molecule has 3 aromatic carbocycles. The third-order valence-corrected chi connectivity index (χ3v) is 6.86. The van der Waals surface area contributed by atoms with E-state index in [1.165, 1.54) is 5.69 Å². The van der Waals surface area contributed by atoms with E-state index in [-0.39, 0.29) is 5.92 Å². The highest BCUT2D eigenvalue weighted by atomic mass is 35.5. The van der Waals surface area contributed by atoms with E-state index in [2.05, 4.69) is 101 Å². The van der Waals surface area contributed by atoms with Crippen LogP contribution in [0, 0.1) is 0 Å². The average Bonchev–Trinajstić information content (AvgIpc) is 2.88. The van der Waals surface area contributed by atoms with Gasteiger partial charge in [-0.1, -0.05) is 48.0 Å². The van der Waals surface area contributed by atoms with E-state index in [1.54, 1.807) is 0 Å². The highest BCUT2D eigenvalue weighted by Crippen LogP contribution is 2.39. The maximum Gasteiger partial charge on any atom is 0.0966 e. The number of aromatic nitrogens is 3. The van der Waals surface area contributed by atoms with E-state index < -0.39 is 0 Å². The van der Waals surface area contributed by atoms with E-state index in [0.29, 0.717) is 0 Å². The fourth-order valence-electron chi connectivity index (χ4n) is 4.65. The second-order valence-corrected chi connectivity index (χ2v) is 8.67. The predicted octanol–water partition coefficient (Wildman–Crippen LogP) is 6.55. The summed E-state index contributed by atoms with van der Waals surface area (Å²) in [6, 6.07) is 23.1. The molecule has 34 heavy (non-hydrogen) atoms. The summed E-state index contributed by atoms with van der Waals surface area (Å²) in [4.78, 5) is 4.64. The van der Waals surface area contributed by atoms with Crippen LogP contribution in [0.15, 0.2) is 66.7 Å². The maximum atomic E-state index is 6.96. The van der Waals surface area contributed by atoms with Gasteiger partial charge in [-0.15, -0.1) is 10.2 Å². The van der Waals surface area contributed by atoms with E-state index in [1.807, 2.05) is 18.2 Å². The molecule has 0 radical (unpaired) electrons. The summed E-state index contributed by atoms with van der Waals surface area (Å²) in [6.07, 6.45) is 0. The van der Waals surface area contributed by atoms with Gasteiger partial charge in [0.25, 0.3) is 0 Å². The van der Waals surface area contributed by atoms with Gasteiger partial charge in [-0.25, -0.2) is 0 Å². The molecule has 0 saturated heterocycles. The van der Waals surface area contributed by atoms with E-state index in [9.17, 15) is 0 Å². The monoisotopic (exact) mass is 473 g/mol. The fraction of sp³-hybridized carbons (Fsp3) is 0.321. The van der Waals surface area contributed by atoms with Crippen molar-refractivity contribution in [3.05, 3.63) is 88.6 Å². The van der Waals surface area contributed by atoms with Crippen LogP contribution in [-0.4, -0.2) is 41.6 Å². The van der Waals surface area contributed by atoms with Gasteiger partial charge in [0.05, 0.1) is 17.1 Å². The summed E-state index contributed by atoms with van der Waals surface area (Å²) in [5, 5.41) is 14.6. The van der Waals surface area contributed by atoms with Crippen LogP contribution in [0.5, 0.6) is 0 Å². The number of halogens is 1. The smallest absolute Gasteiger partial charge is 0.0966 e. The first kappa shape index (κ1) is 24.0. The zero-order valence-electron chi connectivity index (χ0n) is 20.4. The van der Waals surface area contributed by atoms with E-state index >= 15 is 0 Å². The molecule has 5 nitrogen and oxygen atoms in total. The Morgan fingerprint density at radius 3 is 2.00 bits per heavy atom. The lowest BCUT2D eigenvalue weighted by Crippen LogP contribution is -2.22. The third kappa shape index (κ3) is 4.71. The molecule has 1 atom stereocenters. The SMILES string of the molecule is CCN(CC)c1ccc(C(c2ccc(N(CC)CC)cc2Cl)c2nnnc3ccccc23)cc1. The summed E-state index contributed by atoms with van der Waals surface area (Å²) in [6.45, 7) is 12.5. The number of hydrogen-bond acceptors (Lipinski definition) is 5. The Kier molecular flexibility index (Phi) is 7.63. The quantitative estimate of drug-likeness (QED) is 0.276. The number of rotatable bonds is 9. The van der Waals surface area contributed by atoms with Crippen molar-refractivity contribution in [1.82, 2.24) is 15.4 Å². The van der Waals surface area contributed by atoms with Gasteiger partial charge in [0, 0.05) is 48.0 Å². The molecule has 0 aliphatic heterocycles. The highest BCUT2D eigenvalue weighted by Gasteiger charge is 2.24. The molecule has 0 saturated carbocycles. The Balaban J connectivity index is 1.88. The molecule has 1 heterocycles. The lowest BCUT2D eigenvalue weighted by Gasteiger charge is -2.25. The van der Waals surface area contributed by atoms with E-state index in [4.69, 9.17) is 11.6 Å². The van der Waals surface area contributed by atoms with Gasteiger partial charge in [-0.2, -0.15) is 0 Å². The van der Waals surface area contributed by atoms with Crippen LogP contribution in [-0.2, 0) is 0 Å². The topological polar surface area (TPSA) is 45.2 Å². The number of nitrogens with zero attached hydrogens (tertiary/aromatic N) is 5. The van der Waals surface area contributed by atoms with Crippen molar-refractivity contribution in [3.8, 4) is 0 Å². The summed E-state index contributed by atoms with van der Waals surface area (Å²) in [7, 11) is 0. The number of benzene rings is 3. The van der Waals surface area contributed by atoms with Gasteiger partial charge in [0.15, 0.2) is 0 Å². The molecule has 4 rings (SSSR count). The van der Waals surface area contributed by atoms with Crippen LogP contribution in [0.3, 0.4) is 0 Å². The van der Waals surface area contributed by atoms with Crippen molar-refractivity contribution in [1.29, 1.82) is 0 Å². The Morgan fingerprint density at radius 2 is 1.35 bits per heavy atom. The zero-order valence-corrected chi connectivity index (χ0v) is 21.1. The van der Waals surface area contributed by atoms with Crippen LogP contribution < -0.4 is 9.80 Å². The Morgan fingerprint density at radius 1 is 0.735 bits per heavy atom. The first-order chi connectivity index (χ1) is 16.6. The van der Waals surface area contributed by atoms with Crippen LogP contribution in [0.1, 0.15) is 50.4 Å². The molecular weight excluding hydrogens is 442 g/mol. The highest BCUT2D eigenvalue weighted by molar-refractivity contribution is 6.31. The molecule has 0 amide bonds. The molecule has 1 unspecified atom stereocenters. The molecule has 0 aliphatic rings. The van der Waals surface area contributed by atoms with Gasteiger partial charge >= 0.3 is 0 Å². The van der Waals surface area contributed by atoms with Crippen LogP contribution in [0.4, 0.5) is 11.4 Å². The van der Waals surface area contributed by atoms with Crippen molar-refractivity contribution in [2.45, 2.75) is 33.6 Å². The second-order valence-electron chi connectivity index (χ2n) is 8.27. The molecule has 0 aliphatic carbocycles. The lowest BCUT2D eigenvalue weighted by atomic mass is 9.86. The van der Waals surface area contributed by atoms with Gasteiger partial charge in [-0.3, -0.25) is 0 Å². The normalized spacial score (nSPS) is 12.0. The predicted molar refractivity (Wildman–Crippen MR) is 143 cm³/mol. The Labute approximate surface area is 207 Å². The average molecular weight is 474 g/mol. The van der Waals surface area contributed by atoms with Gasteiger partial charge in [0.2, 0.25) is 0 Å². The van der Waals surface area contributed by atoms with Gasteiger partial charge in [0.1, 0.15) is 0 Å². The second kappa shape index (κ2) is 10.8. The molecule has 0 fully saturated rings.